The molecule has 1 amide bonds. The molecule has 31 heavy (non-hydrogen) atoms. The molecule has 3 rings (SSSR count). The first kappa shape index (κ1) is 23.4. The fourth-order valence-corrected chi connectivity index (χ4v) is 4.84. The lowest BCUT2D eigenvalue weighted by atomic mass is 9.95. The van der Waals surface area contributed by atoms with Gasteiger partial charge in [0.15, 0.2) is 22.5 Å². The molecule has 1 aromatic carbocycles. The van der Waals surface area contributed by atoms with Crippen molar-refractivity contribution in [1.29, 1.82) is 0 Å². The van der Waals surface area contributed by atoms with Gasteiger partial charge in [-0.2, -0.15) is 0 Å². The van der Waals surface area contributed by atoms with Gasteiger partial charge < -0.3 is 14.8 Å². The number of ether oxygens (including phenoxy) is 2. The van der Waals surface area contributed by atoms with Crippen molar-refractivity contribution in [3.63, 3.8) is 0 Å². The highest BCUT2D eigenvalue weighted by atomic mass is 32.2. The first-order chi connectivity index (χ1) is 15.2. The van der Waals surface area contributed by atoms with E-state index in [-0.39, 0.29) is 5.91 Å². The van der Waals surface area contributed by atoms with Crippen LogP contribution in [0.2, 0.25) is 0 Å². The maximum Gasteiger partial charge on any atom is 0.230 e. The zero-order chi connectivity index (χ0) is 22.1. The number of methoxy groups -OCH3 is 2. The van der Waals surface area contributed by atoms with Gasteiger partial charge in [-0.1, -0.05) is 50.8 Å². The molecule has 1 fully saturated rings. The van der Waals surface area contributed by atoms with Crippen LogP contribution >= 0.6 is 11.8 Å². The summed E-state index contributed by atoms with van der Waals surface area (Å²) in [5.74, 6) is 2.57. The summed E-state index contributed by atoms with van der Waals surface area (Å²) in [5.41, 5.74) is 0.937. The van der Waals surface area contributed by atoms with E-state index in [9.17, 15) is 4.79 Å². The van der Waals surface area contributed by atoms with Crippen molar-refractivity contribution < 1.29 is 14.3 Å². The summed E-state index contributed by atoms with van der Waals surface area (Å²) in [4.78, 5) is 12.3. The van der Waals surface area contributed by atoms with E-state index in [1.54, 1.807) is 14.2 Å². The highest BCUT2D eigenvalue weighted by Gasteiger charge is 2.25. The number of nitrogens with zero attached hydrogens (tertiary/aromatic N) is 3. The zero-order valence-corrected chi connectivity index (χ0v) is 19.7. The lowest BCUT2D eigenvalue weighted by Crippen LogP contribution is -2.26. The van der Waals surface area contributed by atoms with Gasteiger partial charge in [-0.15, -0.1) is 10.2 Å². The van der Waals surface area contributed by atoms with Crippen LogP contribution in [-0.4, -0.2) is 47.2 Å². The van der Waals surface area contributed by atoms with Crippen LogP contribution in [0.4, 0.5) is 0 Å². The minimum Gasteiger partial charge on any atom is -0.493 e. The van der Waals surface area contributed by atoms with Gasteiger partial charge in [0, 0.05) is 18.2 Å². The average Bonchev–Trinajstić information content (AvgIpc) is 3.24. The second kappa shape index (κ2) is 12.0. The van der Waals surface area contributed by atoms with Crippen LogP contribution in [0.25, 0.3) is 11.4 Å². The predicted octanol–water partition coefficient (Wildman–Crippen LogP) is 4.87. The van der Waals surface area contributed by atoms with E-state index in [2.05, 4.69) is 27.0 Å². The first-order valence-electron chi connectivity index (χ1n) is 11.2. The number of nitrogens with one attached hydrogen (secondary N) is 1. The fourth-order valence-electron chi connectivity index (χ4n) is 4.00. The van der Waals surface area contributed by atoms with E-state index < -0.39 is 0 Å². The van der Waals surface area contributed by atoms with Crippen molar-refractivity contribution >= 4 is 17.7 Å². The first-order valence-corrected chi connectivity index (χ1v) is 12.2. The molecule has 0 saturated heterocycles. The monoisotopic (exact) mass is 446 g/mol. The van der Waals surface area contributed by atoms with Crippen molar-refractivity contribution in [3.05, 3.63) is 18.2 Å². The number of thioether (sulfide) groups is 1. The van der Waals surface area contributed by atoms with Crippen molar-refractivity contribution in [2.45, 2.75) is 69.5 Å². The Labute approximate surface area is 189 Å². The molecular weight excluding hydrogens is 412 g/mol. The number of benzene rings is 1. The van der Waals surface area contributed by atoms with Gasteiger partial charge in [0.2, 0.25) is 5.91 Å². The minimum atomic E-state index is 0.0481. The molecule has 1 aliphatic carbocycles. The summed E-state index contributed by atoms with van der Waals surface area (Å²) in [6.45, 7) is 2.89. The number of aromatic nitrogens is 3. The van der Waals surface area contributed by atoms with Crippen LogP contribution in [0.15, 0.2) is 23.4 Å². The summed E-state index contributed by atoms with van der Waals surface area (Å²) < 4.78 is 13.1. The summed E-state index contributed by atoms with van der Waals surface area (Å²) >= 11 is 1.47. The van der Waals surface area contributed by atoms with Crippen molar-refractivity contribution in [2.24, 2.45) is 0 Å². The van der Waals surface area contributed by atoms with Gasteiger partial charge in [0.05, 0.1) is 20.0 Å². The highest BCUT2D eigenvalue weighted by Crippen LogP contribution is 2.38. The lowest BCUT2D eigenvalue weighted by Gasteiger charge is -2.25. The zero-order valence-electron chi connectivity index (χ0n) is 18.9. The summed E-state index contributed by atoms with van der Waals surface area (Å²) in [7, 11) is 3.26. The smallest absolute Gasteiger partial charge is 0.230 e. The molecule has 0 bridgehead atoms. The molecule has 7 nitrogen and oxygen atoms in total. The quantitative estimate of drug-likeness (QED) is 0.392. The van der Waals surface area contributed by atoms with Crippen molar-refractivity contribution in [3.8, 4) is 22.9 Å². The van der Waals surface area contributed by atoms with Gasteiger partial charge in [0.25, 0.3) is 0 Å². The van der Waals surface area contributed by atoms with Crippen LogP contribution in [0, 0.1) is 0 Å². The molecule has 0 aliphatic heterocycles. The molecule has 1 aliphatic rings. The summed E-state index contributed by atoms with van der Waals surface area (Å²) in [5, 5.41) is 12.8. The van der Waals surface area contributed by atoms with Gasteiger partial charge >= 0.3 is 0 Å². The number of hydrogen-bond donors (Lipinski definition) is 1. The third-order valence-corrected chi connectivity index (χ3v) is 6.62. The summed E-state index contributed by atoms with van der Waals surface area (Å²) in [6, 6.07) is 6.17. The molecule has 1 N–H and O–H groups in total. The fraction of sp³-hybridized carbons (Fsp3) is 0.609. The number of rotatable bonds is 11. The molecule has 0 spiro atoms. The molecule has 1 aromatic heterocycles. The van der Waals surface area contributed by atoms with Crippen LogP contribution in [0.3, 0.4) is 0 Å². The molecule has 0 atom stereocenters. The van der Waals surface area contributed by atoms with Gasteiger partial charge in [-0.25, -0.2) is 0 Å². The second-order valence-corrected chi connectivity index (χ2v) is 8.83. The number of amides is 1. The number of hydrogen-bond acceptors (Lipinski definition) is 6. The second-order valence-electron chi connectivity index (χ2n) is 7.88. The Hall–Kier alpha value is -2.22. The van der Waals surface area contributed by atoms with E-state index in [1.165, 1.54) is 31.0 Å². The Morgan fingerprint density at radius 2 is 1.90 bits per heavy atom. The SMILES string of the molecule is CCCCCNC(=O)CSc1nnc(-c2ccc(OC)c(OC)c2)n1C1CCCCC1. The van der Waals surface area contributed by atoms with Gasteiger partial charge in [-0.05, 0) is 37.5 Å². The van der Waals surface area contributed by atoms with Crippen LogP contribution < -0.4 is 14.8 Å². The molecule has 1 heterocycles. The van der Waals surface area contributed by atoms with E-state index in [1.807, 2.05) is 18.2 Å². The standard InChI is InChI=1S/C23H34N4O3S/c1-4-5-9-14-24-21(28)16-31-23-26-25-22(27(23)18-10-7-6-8-11-18)17-12-13-19(29-2)20(15-17)30-3/h12-13,15,18H,4-11,14,16H2,1-3H3,(H,24,28). The van der Waals surface area contributed by atoms with E-state index in [0.717, 1.165) is 55.2 Å². The molecule has 2 aromatic rings. The molecular formula is C23H34N4O3S. The maximum absolute atomic E-state index is 12.3. The van der Waals surface area contributed by atoms with E-state index >= 15 is 0 Å². The Kier molecular flexibility index (Phi) is 9.06. The minimum absolute atomic E-state index is 0.0481. The van der Waals surface area contributed by atoms with Gasteiger partial charge in [-0.3, -0.25) is 9.36 Å². The predicted molar refractivity (Wildman–Crippen MR) is 124 cm³/mol. The van der Waals surface area contributed by atoms with Crippen molar-refractivity contribution in [2.75, 3.05) is 26.5 Å². The summed E-state index contributed by atoms with van der Waals surface area (Å²) in [6.07, 6.45) is 9.20. The normalized spacial score (nSPS) is 14.4. The molecule has 8 heteroatoms. The molecule has 170 valence electrons. The van der Waals surface area contributed by atoms with Gasteiger partial charge in [0.1, 0.15) is 0 Å². The number of carbonyl (C=O) groups is 1. The Morgan fingerprint density at radius 1 is 1.13 bits per heavy atom. The third kappa shape index (κ3) is 6.15. The lowest BCUT2D eigenvalue weighted by molar-refractivity contribution is -0.118. The Bertz CT molecular complexity index is 849. The third-order valence-electron chi connectivity index (χ3n) is 5.68. The van der Waals surface area contributed by atoms with E-state index in [4.69, 9.17) is 9.47 Å². The van der Waals surface area contributed by atoms with Crippen LogP contribution in [-0.2, 0) is 4.79 Å². The Morgan fingerprint density at radius 3 is 2.61 bits per heavy atom. The highest BCUT2D eigenvalue weighted by molar-refractivity contribution is 7.99. The molecule has 1 saturated carbocycles. The Balaban J connectivity index is 1.80. The van der Waals surface area contributed by atoms with E-state index in [0.29, 0.717) is 23.3 Å². The maximum atomic E-state index is 12.3. The van der Waals surface area contributed by atoms with Crippen LogP contribution in [0.1, 0.15) is 64.3 Å². The van der Waals surface area contributed by atoms with Crippen molar-refractivity contribution in [1.82, 2.24) is 20.1 Å². The molecule has 0 unspecified atom stereocenters. The topological polar surface area (TPSA) is 78.3 Å². The largest absolute Gasteiger partial charge is 0.493 e. The number of unbranched alkanes of at least 4 members (excludes halogenated alkanes) is 2. The molecule has 0 radical (unpaired) electrons. The average molecular weight is 447 g/mol. The van der Waals surface area contributed by atoms with Crippen LogP contribution in [0.5, 0.6) is 11.5 Å². The number of carbonyl (C=O) groups excluding carboxylic acids is 1.